The highest BCUT2D eigenvalue weighted by Crippen LogP contribution is 2.39. The second kappa shape index (κ2) is 5.36. The van der Waals surface area contributed by atoms with Gasteiger partial charge in [0.15, 0.2) is 0 Å². The van der Waals surface area contributed by atoms with E-state index in [1.807, 2.05) is 48.5 Å². The fraction of sp³-hybridized carbons (Fsp3) is 0.158. The second-order valence-electron chi connectivity index (χ2n) is 5.10. The maximum atomic E-state index is 10.4. The summed E-state index contributed by atoms with van der Waals surface area (Å²) >= 11 is 0. The monoisotopic (exact) mass is 260 g/mol. The minimum absolute atomic E-state index is 0.00334. The maximum absolute atomic E-state index is 10.4. The molecule has 1 nitrogen and oxygen atoms in total. The molecule has 20 heavy (non-hydrogen) atoms. The van der Waals surface area contributed by atoms with E-state index in [0.29, 0.717) is 0 Å². The van der Waals surface area contributed by atoms with Crippen LogP contribution in [0.2, 0.25) is 0 Å². The van der Waals surface area contributed by atoms with E-state index in [0.717, 1.165) is 23.1 Å². The van der Waals surface area contributed by atoms with Crippen LogP contribution in [-0.2, 0) is 6.42 Å². The number of fused-ring (bicyclic) bond motifs is 1. The highest BCUT2D eigenvalue weighted by atomic mass is 16.3. The molecule has 0 saturated heterocycles. The Morgan fingerprint density at radius 1 is 1.05 bits per heavy atom. The van der Waals surface area contributed by atoms with Gasteiger partial charge in [-0.1, -0.05) is 60.9 Å². The lowest BCUT2D eigenvalue weighted by Gasteiger charge is -2.13. The summed E-state index contributed by atoms with van der Waals surface area (Å²) in [6.45, 7) is 4.05. The summed E-state index contributed by atoms with van der Waals surface area (Å²) in [4.78, 5) is 0. The van der Waals surface area contributed by atoms with Crippen LogP contribution in [0.25, 0.3) is 0 Å². The van der Waals surface area contributed by atoms with Gasteiger partial charge in [0.1, 0.15) is 0 Å². The number of aliphatic hydroxyl groups is 1. The summed E-state index contributed by atoms with van der Waals surface area (Å²) < 4.78 is 0. The molecule has 2 atom stereocenters. The van der Waals surface area contributed by atoms with Gasteiger partial charge in [-0.05, 0) is 29.7 Å². The summed E-state index contributed by atoms with van der Waals surface area (Å²) in [6.07, 6.45) is 0.336. The quantitative estimate of drug-likeness (QED) is 0.778. The number of hydrogen-bond acceptors (Lipinski definition) is 1. The summed E-state index contributed by atoms with van der Waals surface area (Å²) in [7, 11) is 0. The van der Waals surface area contributed by atoms with Gasteiger partial charge < -0.3 is 5.11 Å². The summed E-state index contributed by atoms with van der Waals surface area (Å²) in [6, 6.07) is 17.9. The number of aliphatic hydroxyl groups excluding tert-OH is 1. The van der Waals surface area contributed by atoms with E-state index in [1.54, 1.807) is 0 Å². The molecule has 0 heterocycles. The molecule has 2 aromatic rings. The average Bonchev–Trinajstić information content (AvgIpc) is 2.84. The van der Waals surface area contributed by atoms with E-state index in [9.17, 15) is 5.11 Å². The van der Waals surface area contributed by atoms with Crippen molar-refractivity contribution < 1.29 is 5.11 Å². The number of rotatable bonds is 1. The molecule has 1 aliphatic carbocycles. The minimum atomic E-state index is -0.483. The van der Waals surface area contributed by atoms with Gasteiger partial charge in [-0.2, -0.15) is 0 Å². The molecule has 0 bridgehead atoms. The van der Waals surface area contributed by atoms with Gasteiger partial charge in [0, 0.05) is 17.1 Å². The topological polar surface area (TPSA) is 20.2 Å². The molecule has 2 aromatic carbocycles. The molecule has 0 saturated carbocycles. The molecular weight excluding hydrogens is 244 g/mol. The average molecular weight is 260 g/mol. The lowest BCUT2D eigenvalue weighted by molar-refractivity contribution is 0.143. The molecule has 0 radical (unpaired) electrons. The van der Waals surface area contributed by atoms with Gasteiger partial charge in [-0.15, -0.1) is 0 Å². The van der Waals surface area contributed by atoms with Gasteiger partial charge in [0.05, 0.1) is 6.10 Å². The van der Waals surface area contributed by atoms with E-state index in [2.05, 4.69) is 24.5 Å². The lowest BCUT2D eigenvalue weighted by Crippen LogP contribution is -2.08. The van der Waals surface area contributed by atoms with Gasteiger partial charge in [-0.3, -0.25) is 0 Å². The molecule has 0 amide bonds. The van der Waals surface area contributed by atoms with Gasteiger partial charge in [-0.25, -0.2) is 0 Å². The van der Waals surface area contributed by atoms with Crippen molar-refractivity contribution >= 4 is 0 Å². The fourth-order valence-electron chi connectivity index (χ4n) is 2.65. The molecule has 0 aliphatic heterocycles. The molecule has 0 fully saturated rings. The molecule has 1 N–H and O–H groups in total. The number of benzene rings is 2. The Hall–Kier alpha value is -2.30. The molecular formula is C19H16O. The normalized spacial score (nSPS) is 19.9. The highest BCUT2D eigenvalue weighted by Gasteiger charge is 2.31. The van der Waals surface area contributed by atoms with E-state index in [-0.39, 0.29) is 5.92 Å². The van der Waals surface area contributed by atoms with Crippen LogP contribution < -0.4 is 0 Å². The lowest BCUT2D eigenvalue weighted by atomic mass is 9.95. The molecule has 0 unspecified atom stereocenters. The smallest absolute Gasteiger partial charge is 0.0870 e. The first-order valence-electron chi connectivity index (χ1n) is 6.77. The predicted molar refractivity (Wildman–Crippen MR) is 81.1 cm³/mol. The van der Waals surface area contributed by atoms with Crippen LogP contribution in [-0.4, -0.2) is 5.11 Å². The Kier molecular flexibility index (Phi) is 3.41. The molecule has 98 valence electrons. The van der Waals surface area contributed by atoms with Crippen LogP contribution in [0.5, 0.6) is 0 Å². The minimum Gasteiger partial charge on any atom is -0.388 e. The van der Waals surface area contributed by atoms with Crippen molar-refractivity contribution in [3.63, 3.8) is 0 Å². The summed E-state index contributed by atoms with van der Waals surface area (Å²) in [5.74, 6) is 6.21. The Morgan fingerprint density at radius 3 is 2.50 bits per heavy atom. The zero-order chi connectivity index (χ0) is 13.9. The Morgan fingerprint density at radius 2 is 1.75 bits per heavy atom. The largest absolute Gasteiger partial charge is 0.388 e. The van der Waals surface area contributed by atoms with Gasteiger partial charge in [0.25, 0.3) is 0 Å². The molecule has 0 spiro atoms. The summed E-state index contributed by atoms with van der Waals surface area (Å²) in [5, 5.41) is 10.4. The predicted octanol–water partition coefficient (Wildman–Crippen LogP) is 3.50. The van der Waals surface area contributed by atoms with Crippen molar-refractivity contribution in [2.24, 2.45) is 5.92 Å². The summed E-state index contributed by atoms with van der Waals surface area (Å²) in [5.41, 5.74) is 3.99. The van der Waals surface area contributed by atoms with Crippen molar-refractivity contribution in [2.45, 2.75) is 12.5 Å². The van der Waals surface area contributed by atoms with Crippen molar-refractivity contribution in [1.29, 1.82) is 0 Å². The first kappa shape index (κ1) is 12.7. The van der Waals surface area contributed by atoms with Crippen LogP contribution in [0.1, 0.15) is 22.8 Å². The van der Waals surface area contributed by atoms with Crippen LogP contribution in [0.3, 0.4) is 0 Å². The van der Waals surface area contributed by atoms with Gasteiger partial charge in [0.2, 0.25) is 0 Å². The third-order valence-corrected chi connectivity index (χ3v) is 3.78. The van der Waals surface area contributed by atoms with E-state index < -0.39 is 6.10 Å². The van der Waals surface area contributed by atoms with Crippen molar-refractivity contribution in [1.82, 2.24) is 0 Å². The zero-order valence-corrected chi connectivity index (χ0v) is 11.2. The molecule has 3 rings (SSSR count). The van der Waals surface area contributed by atoms with E-state index in [4.69, 9.17) is 0 Å². The highest BCUT2D eigenvalue weighted by molar-refractivity contribution is 5.45. The van der Waals surface area contributed by atoms with Crippen LogP contribution in [0.4, 0.5) is 0 Å². The Balaban J connectivity index is 1.79. The zero-order valence-electron chi connectivity index (χ0n) is 11.2. The maximum Gasteiger partial charge on any atom is 0.0870 e. The Labute approximate surface area is 119 Å². The standard InChI is InChI=1S/C19H16O/c1-14(11-12-15-7-3-2-4-8-15)18-13-16-9-5-6-10-17(16)19(18)20/h2-10,18-20H,1,13H2/t18-,19-/m1/s1. The van der Waals surface area contributed by atoms with Crippen molar-refractivity contribution in [2.75, 3.05) is 0 Å². The molecule has 1 aliphatic rings. The van der Waals surface area contributed by atoms with Crippen molar-refractivity contribution in [3.05, 3.63) is 83.4 Å². The first-order valence-corrected chi connectivity index (χ1v) is 6.77. The van der Waals surface area contributed by atoms with Crippen LogP contribution in [0, 0.1) is 17.8 Å². The number of hydrogen-bond donors (Lipinski definition) is 1. The molecule has 0 aromatic heterocycles. The SMILES string of the molecule is C=C(C#Cc1ccccc1)[C@H]1Cc2ccccc2[C@H]1O. The van der Waals surface area contributed by atoms with Crippen LogP contribution in [0.15, 0.2) is 66.7 Å². The van der Waals surface area contributed by atoms with Crippen LogP contribution >= 0.6 is 0 Å². The third kappa shape index (κ3) is 2.39. The van der Waals surface area contributed by atoms with Gasteiger partial charge >= 0.3 is 0 Å². The van der Waals surface area contributed by atoms with E-state index in [1.165, 1.54) is 5.56 Å². The Bertz CT molecular complexity index is 688. The van der Waals surface area contributed by atoms with Crippen molar-refractivity contribution in [3.8, 4) is 11.8 Å². The first-order chi connectivity index (χ1) is 9.75. The third-order valence-electron chi connectivity index (χ3n) is 3.78. The molecule has 1 heteroatoms. The fourth-order valence-corrected chi connectivity index (χ4v) is 2.65. The van der Waals surface area contributed by atoms with E-state index >= 15 is 0 Å². The second-order valence-corrected chi connectivity index (χ2v) is 5.10.